The first-order chi connectivity index (χ1) is 16.0. The molecule has 0 aromatic heterocycles. The van der Waals surface area contributed by atoms with Crippen LogP contribution in [0.5, 0.6) is 0 Å². The summed E-state index contributed by atoms with van der Waals surface area (Å²) < 4.78 is 34.2. The van der Waals surface area contributed by atoms with Gasteiger partial charge in [0, 0.05) is 12.2 Å². The van der Waals surface area contributed by atoms with Crippen LogP contribution >= 0.6 is 0 Å². The van der Waals surface area contributed by atoms with Crippen LogP contribution in [0.3, 0.4) is 0 Å². The van der Waals surface area contributed by atoms with Crippen molar-refractivity contribution in [2.24, 2.45) is 0 Å². The van der Waals surface area contributed by atoms with Gasteiger partial charge in [0.25, 0.3) is 0 Å². The van der Waals surface area contributed by atoms with E-state index < -0.39 is 39.0 Å². The van der Waals surface area contributed by atoms with Crippen LogP contribution in [0.15, 0.2) is 61.2 Å². The molecule has 8 nitrogen and oxygen atoms in total. The fourth-order valence-electron chi connectivity index (χ4n) is 4.34. The van der Waals surface area contributed by atoms with Crippen molar-refractivity contribution < 1.29 is 17.9 Å². The molecule has 2 aliphatic rings. The summed E-state index contributed by atoms with van der Waals surface area (Å²) in [5, 5.41) is 10.9. The van der Waals surface area contributed by atoms with Crippen LogP contribution in [0.25, 0.3) is 0 Å². The second-order valence-corrected chi connectivity index (χ2v) is 11.4. The number of nitrogens with zero attached hydrogens (tertiary/aromatic N) is 2. The number of rotatable bonds is 5. The van der Waals surface area contributed by atoms with E-state index in [0.717, 1.165) is 39.0 Å². The van der Waals surface area contributed by atoms with Gasteiger partial charge in [-0.15, -0.1) is 6.58 Å². The number of benzene rings is 2. The first-order valence-electron chi connectivity index (χ1n) is 11.2. The van der Waals surface area contributed by atoms with Crippen molar-refractivity contribution in [3.05, 3.63) is 77.9 Å². The molecular formula is C25H30N4O4S. The summed E-state index contributed by atoms with van der Waals surface area (Å²) in [6.45, 7) is 9.69. The molecule has 2 N–H and O–H groups in total. The highest BCUT2D eigenvalue weighted by Crippen LogP contribution is 2.38. The standard InChI is InChI=1S/C25H30N4O4S/c1-5-22(19-11-12-20-18(15-19)13-14-27-20)34(31,32)28-16-21(17-9-7-6-8-10-17)29(23(28)26)24(30)33-25(2,3)4/h5-12,15,21-22,26-27H,1,13-14,16H2,2-4H3. The molecule has 0 saturated carbocycles. The van der Waals surface area contributed by atoms with Gasteiger partial charge in [0.05, 0.1) is 12.6 Å². The summed E-state index contributed by atoms with van der Waals surface area (Å²) in [4.78, 5) is 14.2. The van der Waals surface area contributed by atoms with Gasteiger partial charge < -0.3 is 10.1 Å². The van der Waals surface area contributed by atoms with Crippen molar-refractivity contribution in [1.82, 2.24) is 9.21 Å². The van der Waals surface area contributed by atoms with E-state index in [2.05, 4.69) is 11.9 Å². The fraction of sp³-hybridized carbons (Fsp3) is 0.360. The molecule has 2 aliphatic heterocycles. The van der Waals surface area contributed by atoms with Gasteiger partial charge in [-0.25, -0.2) is 22.4 Å². The maximum Gasteiger partial charge on any atom is 0.417 e. The molecule has 0 bridgehead atoms. The lowest BCUT2D eigenvalue weighted by Gasteiger charge is -2.28. The zero-order valence-corrected chi connectivity index (χ0v) is 20.4. The Morgan fingerprint density at radius 2 is 1.94 bits per heavy atom. The molecule has 34 heavy (non-hydrogen) atoms. The zero-order chi connectivity index (χ0) is 24.7. The van der Waals surface area contributed by atoms with Crippen molar-refractivity contribution >= 4 is 27.8 Å². The highest BCUT2D eigenvalue weighted by Gasteiger charge is 2.48. The molecular weight excluding hydrogens is 452 g/mol. The number of sulfonamides is 1. The minimum absolute atomic E-state index is 0.0821. The Bertz CT molecular complexity index is 1220. The predicted molar refractivity (Wildman–Crippen MR) is 132 cm³/mol. The topological polar surface area (TPSA) is 103 Å². The third-order valence-electron chi connectivity index (χ3n) is 5.90. The fourth-order valence-corrected chi connectivity index (χ4v) is 6.03. The third kappa shape index (κ3) is 4.40. The molecule has 4 rings (SSSR count). The quantitative estimate of drug-likeness (QED) is 0.614. The van der Waals surface area contributed by atoms with Crippen LogP contribution in [-0.4, -0.2) is 48.4 Å². The second-order valence-electron chi connectivity index (χ2n) is 9.43. The molecule has 1 saturated heterocycles. The molecule has 2 aromatic carbocycles. The molecule has 2 heterocycles. The van der Waals surface area contributed by atoms with Crippen LogP contribution in [-0.2, 0) is 21.2 Å². The van der Waals surface area contributed by atoms with Crippen molar-refractivity contribution in [3.63, 3.8) is 0 Å². The SMILES string of the molecule is C=CC(c1ccc2c(c1)CCN2)S(=O)(=O)N1CC(c2ccccc2)N(C(=O)OC(C)(C)C)C1=N. The summed E-state index contributed by atoms with van der Waals surface area (Å²) in [7, 11) is -4.10. The smallest absolute Gasteiger partial charge is 0.417 e. The zero-order valence-electron chi connectivity index (χ0n) is 19.6. The van der Waals surface area contributed by atoms with Crippen molar-refractivity contribution in [2.75, 3.05) is 18.4 Å². The number of hydrogen-bond donors (Lipinski definition) is 2. The summed E-state index contributed by atoms with van der Waals surface area (Å²) in [6.07, 6.45) is 1.43. The lowest BCUT2D eigenvalue weighted by molar-refractivity contribution is 0.0334. The van der Waals surface area contributed by atoms with Crippen molar-refractivity contribution in [1.29, 1.82) is 5.41 Å². The van der Waals surface area contributed by atoms with Gasteiger partial charge in [0.15, 0.2) is 0 Å². The molecule has 0 spiro atoms. The van der Waals surface area contributed by atoms with Crippen LogP contribution in [0.2, 0.25) is 0 Å². The highest BCUT2D eigenvalue weighted by molar-refractivity contribution is 7.90. The molecule has 9 heteroatoms. The van der Waals surface area contributed by atoms with Crippen molar-refractivity contribution in [2.45, 2.75) is 44.1 Å². The minimum atomic E-state index is -4.10. The summed E-state index contributed by atoms with van der Waals surface area (Å²) >= 11 is 0. The van der Waals surface area contributed by atoms with Crippen LogP contribution in [0, 0.1) is 5.41 Å². The second kappa shape index (κ2) is 8.79. The first-order valence-corrected chi connectivity index (χ1v) is 12.7. The Labute approximate surface area is 200 Å². The van der Waals surface area contributed by atoms with E-state index in [1.165, 1.54) is 6.08 Å². The average Bonchev–Trinajstić information content (AvgIpc) is 3.37. The van der Waals surface area contributed by atoms with Gasteiger partial charge in [-0.1, -0.05) is 48.5 Å². The molecule has 2 atom stereocenters. The summed E-state index contributed by atoms with van der Waals surface area (Å²) in [5.41, 5.74) is 2.55. The number of carbonyl (C=O) groups excluding carboxylic acids is 1. The van der Waals surface area contributed by atoms with Crippen molar-refractivity contribution in [3.8, 4) is 0 Å². The van der Waals surface area contributed by atoms with Gasteiger partial charge in [-0.05, 0) is 49.9 Å². The van der Waals surface area contributed by atoms with E-state index in [-0.39, 0.29) is 6.54 Å². The normalized spacial score (nSPS) is 18.9. The number of amides is 1. The Morgan fingerprint density at radius 1 is 1.24 bits per heavy atom. The number of carbonyl (C=O) groups is 1. The van der Waals surface area contributed by atoms with Gasteiger partial charge >= 0.3 is 6.09 Å². The van der Waals surface area contributed by atoms with Crippen LogP contribution < -0.4 is 5.32 Å². The third-order valence-corrected chi connectivity index (χ3v) is 7.94. The molecule has 1 amide bonds. The van der Waals surface area contributed by atoms with Gasteiger partial charge in [0.2, 0.25) is 16.0 Å². The minimum Gasteiger partial charge on any atom is -0.443 e. The Balaban J connectivity index is 1.71. The maximum absolute atomic E-state index is 13.8. The number of fused-ring (bicyclic) bond motifs is 1. The summed E-state index contributed by atoms with van der Waals surface area (Å²) in [5.74, 6) is -0.433. The molecule has 1 fully saturated rings. The average molecular weight is 483 g/mol. The van der Waals surface area contributed by atoms with E-state index in [9.17, 15) is 13.2 Å². The molecule has 2 unspecified atom stereocenters. The largest absolute Gasteiger partial charge is 0.443 e. The van der Waals surface area contributed by atoms with Gasteiger partial charge in [0.1, 0.15) is 10.9 Å². The summed E-state index contributed by atoms with van der Waals surface area (Å²) in [6, 6.07) is 13.9. The lowest BCUT2D eigenvalue weighted by atomic mass is 10.1. The van der Waals surface area contributed by atoms with Crippen LogP contribution in [0.1, 0.15) is 48.8 Å². The number of hydrogen-bond acceptors (Lipinski definition) is 6. The Kier molecular flexibility index (Phi) is 6.16. The molecule has 0 radical (unpaired) electrons. The van der Waals surface area contributed by atoms with Gasteiger partial charge in [-0.2, -0.15) is 0 Å². The number of anilines is 1. The van der Waals surface area contributed by atoms with E-state index >= 15 is 0 Å². The van der Waals surface area contributed by atoms with E-state index in [4.69, 9.17) is 10.1 Å². The Morgan fingerprint density at radius 3 is 2.59 bits per heavy atom. The monoisotopic (exact) mass is 482 g/mol. The van der Waals surface area contributed by atoms with E-state index in [1.807, 2.05) is 42.5 Å². The predicted octanol–water partition coefficient (Wildman–Crippen LogP) is 4.44. The number of ether oxygens (including phenoxy) is 1. The lowest BCUT2D eigenvalue weighted by Crippen LogP contribution is -2.43. The molecule has 180 valence electrons. The van der Waals surface area contributed by atoms with E-state index in [1.54, 1.807) is 26.8 Å². The number of nitrogens with one attached hydrogen (secondary N) is 2. The molecule has 0 aliphatic carbocycles. The maximum atomic E-state index is 13.8. The van der Waals surface area contributed by atoms with Crippen LogP contribution in [0.4, 0.5) is 10.5 Å². The van der Waals surface area contributed by atoms with E-state index in [0.29, 0.717) is 5.56 Å². The first kappa shape index (κ1) is 23.8. The molecule has 2 aromatic rings. The highest BCUT2D eigenvalue weighted by atomic mass is 32.2. The van der Waals surface area contributed by atoms with Gasteiger partial charge in [-0.3, -0.25) is 5.41 Å². The number of guanidine groups is 1. The Hall–Kier alpha value is -3.33.